The van der Waals surface area contributed by atoms with E-state index in [2.05, 4.69) is 15.6 Å². The first kappa shape index (κ1) is 24.1. The number of carbonyl (C=O) groups excluding carboxylic acids is 3. The Balaban J connectivity index is 1.10. The number of rotatable bonds is 6. The highest BCUT2D eigenvalue weighted by Crippen LogP contribution is 2.32. The van der Waals surface area contributed by atoms with Crippen molar-refractivity contribution in [1.82, 2.24) is 10.3 Å². The molecule has 186 valence electrons. The maximum atomic E-state index is 12.8. The molecule has 0 bridgehead atoms. The molecule has 1 saturated carbocycles. The van der Waals surface area contributed by atoms with E-state index in [0.717, 1.165) is 41.5 Å². The number of hydrogen-bond donors (Lipinski definition) is 2. The Kier molecular flexibility index (Phi) is 7.09. The second-order valence-corrected chi connectivity index (χ2v) is 10.1. The van der Waals surface area contributed by atoms with E-state index in [1.54, 1.807) is 25.3 Å². The van der Waals surface area contributed by atoms with Crippen LogP contribution in [0, 0.1) is 5.92 Å². The average Bonchev–Trinajstić information content (AvgIpc) is 2.91. The molecule has 9 heteroatoms. The molecule has 2 aromatic carbocycles. The van der Waals surface area contributed by atoms with Gasteiger partial charge in [-0.2, -0.15) is 0 Å². The third-order valence-electron chi connectivity index (χ3n) is 6.63. The van der Waals surface area contributed by atoms with Gasteiger partial charge in [-0.1, -0.05) is 0 Å². The van der Waals surface area contributed by atoms with Gasteiger partial charge >= 0.3 is 5.97 Å². The van der Waals surface area contributed by atoms with Crippen LogP contribution in [-0.2, 0) is 9.53 Å². The van der Waals surface area contributed by atoms with Crippen LogP contribution in [0.15, 0.2) is 53.6 Å². The van der Waals surface area contributed by atoms with E-state index in [1.165, 1.54) is 18.0 Å². The minimum Gasteiger partial charge on any atom is -0.497 e. The number of fused-ring (bicyclic) bond motifs is 2. The van der Waals surface area contributed by atoms with Gasteiger partial charge in [0.25, 0.3) is 5.91 Å². The van der Waals surface area contributed by atoms with Gasteiger partial charge in [-0.15, -0.1) is 11.8 Å². The standard InChI is InChI=1S/C27H27N3O5S/c1-34-21-7-8-22-18(11-21)10-19(13-28-22)27(33)35-14-16-2-5-20(6-3-16)29-26(32)17-4-9-24-23(12-17)30-25(31)15-36-24/h4,7-13,16,20H,2-3,5-6,14-15H2,1H3,(H,29,32)(H,30,31). The number of esters is 1. The van der Waals surface area contributed by atoms with Crippen LogP contribution in [-0.4, -0.2) is 48.3 Å². The first-order valence-electron chi connectivity index (χ1n) is 12.0. The minimum atomic E-state index is -0.389. The molecule has 5 rings (SSSR count). The maximum Gasteiger partial charge on any atom is 0.339 e. The van der Waals surface area contributed by atoms with Gasteiger partial charge in [0.05, 0.1) is 36.2 Å². The molecule has 36 heavy (non-hydrogen) atoms. The number of methoxy groups -OCH3 is 1. The van der Waals surface area contributed by atoms with Crippen LogP contribution in [0.4, 0.5) is 5.69 Å². The van der Waals surface area contributed by atoms with Crippen LogP contribution in [0.25, 0.3) is 10.9 Å². The fraction of sp³-hybridized carbons (Fsp3) is 0.333. The molecule has 8 nitrogen and oxygen atoms in total. The van der Waals surface area contributed by atoms with Gasteiger partial charge in [-0.05, 0) is 74.1 Å². The van der Waals surface area contributed by atoms with Crippen LogP contribution >= 0.6 is 11.8 Å². The molecule has 1 aromatic heterocycles. The molecule has 1 fully saturated rings. The molecular formula is C27H27N3O5S. The summed E-state index contributed by atoms with van der Waals surface area (Å²) < 4.78 is 10.8. The highest BCUT2D eigenvalue weighted by molar-refractivity contribution is 8.00. The Hall–Kier alpha value is -3.59. The van der Waals surface area contributed by atoms with E-state index in [9.17, 15) is 14.4 Å². The topological polar surface area (TPSA) is 107 Å². The third-order valence-corrected chi connectivity index (χ3v) is 7.70. The number of aromatic nitrogens is 1. The number of pyridine rings is 1. The van der Waals surface area contributed by atoms with E-state index >= 15 is 0 Å². The summed E-state index contributed by atoms with van der Waals surface area (Å²) in [6.07, 6.45) is 4.91. The fourth-order valence-corrected chi connectivity index (χ4v) is 5.38. The Morgan fingerprint density at radius 1 is 1.08 bits per heavy atom. The number of nitrogens with zero attached hydrogens (tertiary/aromatic N) is 1. The number of benzene rings is 2. The fourth-order valence-electron chi connectivity index (χ4n) is 4.59. The van der Waals surface area contributed by atoms with Crippen molar-refractivity contribution in [3.63, 3.8) is 0 Å². The normalized spacial score (nSPS) is 19.2. The molecule has 0 radical (unpaired) electrons. The zero-order chi connectivity index (χ0) is 25.1. The number of carbonyl (C=O) groups is 3. The summed E-state index contributed by atoms with van der Waals surface area (Å²) in [5.74, 6) is 0.771. The maximum absolute atomic E-state index is 12.8. The third kappa shape index (κ3) is 5.46. The highest BCUT2D eigenvalue weighted by Gasteiger charge is 2.25. The van der Waals surface area contributed by atoms with Gasteiger partial charge in [0.15, 0.2) is 0 Å². The van der Waals surface area contributed by atoms with Crippen molar-refractivity contribution in [3.05, 3.63) is 59.8 Å². The summed E-state index contributed by atoms with van der Waals surface area (Å²) in [6.45, 7) is 0.345. The summed E-state index contributed by atoms with van der Waals surface area (Å²) in [4.78, 5) is 42.3. The zero-order valence-corrected chi connectivity index (χ0v) is 20.7. The van der Waals surface area contributed by atoms with Crippen molar-refractivity contribution in [2.75, 3.05) is 24.8 Å². The van der Waals surface area contributed by atoms with Gasteiger partial charge in [-0.25, -0.2) is 4.79 Å². The number of anilines is 1. The number of thioether (sulfide) groups is 1. The molecule has 0 spiro atoms. The van der Waals surface area contributed by atoms with Crippen LogP contribution in [0.5, 0.6) is 5.75 Å². The first-order chi connectivity index (χ1) is 17.5. The summed E-state index contributed by atoms with van der Waals surface area (Å²) in [5.41, 5.74) is 2.42. The Morgan fingerprint density at radius 2 is 1.92 bits per heavy atom. The molecule has 0 saturated heterocycles. The van der Waals surface area contributed by atoms with Crippen molar-refractivity contribution in [1.29, 1.82) is 0 Å². The van der Waals surface area contributed by atoms with Gasteiger partial charge < -0.3 is 20.1 Å². The van der Waals surface area contributed by atoms with E-state index in [1.807, 2.05) is 24.3 Å². The summed E-state index contributed by atoms with van der Waals surface area (Å²) in [5, 5.41) is 6.75. The smallest absolute Gasteiger partial charge is 0.339 e. The van der Waals surface area contributed by atoms with E-state index in [-0.39, 0.29) is 29.7 Å². The number of hydrogen-bond acceptors (Lipinski definition) is 7. The van der Waals surface area contributed by atoms with Crippen LogP contribution in [0.3, 0.4) is 0 Å². The summed E-state index contributed by atoms with van der Waals surface area (Å²) >= 11 is 1.47. The van der Waals surface area contributed by atoms with E-state index < -0.39 is 0 Å². The van der Waals surface area contributed by atoms with Gasteiger partial charge in [-0.3, -0.25) is 14.6 Å². The molecule has 0 atom stereocenters. The van der Waals surface area contributed by atoms with E-state index in [0.29, 0.717) is 34.9 Å². The molecular weight excluding hydrogens is 478 g/mol. The summed E-state index contributed by atoms with van der Waals surface area (Å²) in [6, 6.07) is 12.8. The molecule has 3 aromatic rings. The van der Waals surface area contributed by atoms with Crippen molar-refractivity contribution < 1.29 is 23.9 Å². The first-order valence-corrected chi connectivity index (χ1v) is 13.0. The van der Waals surface area contributed by atoms with Crippen LogP contribution in [0.1, 0.15) is 46.4 Å². The average molecular weight is 506 g/mol. The molecule has 2 N–H and O–H groups in total. The second-order valence-electron chi connectivity index (χ2n) is 9.12. The lowest BCUT2D eigenvalue weighted by molar-refractivity contribution is -0.113. The predicted molar refractivity (Wildman–Crippen MR) is 138 cm³/mol. The van der Waals surface area contributed by atoms with Crippen molar-refractivity contribution in [3.8, 4) is 5.75 Å². The lowest BCUT2D eigenvalue weighted by Crippen LogP contribution is -2.38. The predicted octanol–water partition coefficient (Wildman–Crippen LogP) is 4.43. The molecule has 1 aliphatic carbocycles. The molecule has 0 unspecified atom stereocenters. The monoisotopic (exact) mass is 505 g/mol. The lowest BCUT2D eigenvalue weighted by atomic mass is 9.86. The second kappa shape index (κ2) is 10.6. The quantitative estimate of drug-likeness (QED) is 0.477. The Morgan fingerprint density at radius 3 is 2.72 bits per heavy atom. The van der Waals surface area contributed by atoms with Gasteiger partial charge in [0.2, 0.25) is 5.91 Å². The lowest BCUT2D eigenvalue weighted by Gasteiger charge is -2.29. The van der Waals surface area contributed by atoms with Crippen LogP contribution in [0.2, 0.25) is 0 Å². The van der Waals surface area contributed by atoms with Gasteiger partial charge in [0, 0.05) is 28.1 Å². The van der Waals surface area contributed by atoms with Crippen molar-refractivity contribution in [2.24, 2.45) is 5.92 Å². The largest absolute Gasteiger partial charge is 0.497 e. The molecule has 2 amide bonds. The minimum absolute atomic E-state index is 0.0545. The Labute approximate surface area is 213 Å². The number of amides is 2. The van der Waals surface area contributed by atoms with E-state index in [4.69, 9.17) is 9.47 Å². The van der Waals surface area contributed by atoms with Crippen molar-refractivity contribution >= 4 is 46.1 Å². The highest BCUT2D eigenvalue weighted by atomic mass is 32.2. The molecule has 2 heterocycles. The SMILES string of the molecule is COc1ccc2ncc(C(=O)OCC3CCC(NC(=O)c4ccc5c(c4)NC(=O)CS5)CC3)cc2c1. The summed E-state index contributed by atoms with van der Waals surface area (Å²) in [7, 11) is 1.60. The van der Waals surface area contributed by atoms with Gasteiger partial charge in [0.1, 0.15) is 5.75 Å². The zero-order valence-electron chi connectivity index (χ0n) is 19.9. The molecule has 1 aliphatic heterocycles. The Bertz CT molecular complexity index is 1320. The number of nitrogens with one attached hydrogen (secondary N) is 2. The van der Waals surface area contributed by atoms with Crippen LogP contribution < -0.4 is 15.4 Å². The van der Waals surface area contributed by atoms with Crippen molar-refractivity contribution in [2.45, 2.75) is 36.6 Å². The molecule has 2 aliphatic rings. The number of ether oxygens (including phenoxy) is 2.